The largest absolute Gasteiger partial charge is 0.339 e. The third-order valence-electron chi connectivity index (χ3n) is 3.94. The Bertz CT molecular complexity index is 470. The van der Waals surface area contributed by atoms with Crippen LogP contribution in [0, 0.1) is 6.92 Å². The minimum absolute atomic E-state index is 0.0957. The third kappa shape index (κ3) is 4.75. The van der Waals surface area contributed by atoms with E-state index < -0.39 is 0 Å². The summed E-state index contributed by atoms with van der Waals surface area (Å²) in [7, 11) is 0. The van der Waals surface area contributed by atoms with Crippen LogP contribution >= 0.6 is 11.8 Å². The molecule has 0 spiro atoms. The lowest BCUT2D eigenvalue weighted by Crippen LogP contribution is -2.50. The molecule has 1 fully saturated rings. The van der Waals surface area contributed by atoms with Gasteiger partial charge in [-0.25, -0.2) is 0 Å². The predicted molar refractivity (Wildman–Crippen MR) is 90.6 cm³/mol. The standard InChI is InChI=1S/C17H26N2OS/c1-4-21-15(3)17(20)19-10-8-18(9-11-19)13-16-7-5-6-14(2)12-16/h5-7,12,15H,4,8-11,13H2,1-3H3/t15-/m0/s1. The summed E-state index contributed by atoms with van der Waals surface area (Å²) >= 11 is 1.73. The summed E-state index contributed by atoms with van der Waals surface area (Å²) in [6.45, 7) is 10.9. The van der Waals surface area contributed by atoms with Crippen molar-refractivity contribution < 1.29 is 4.79 Å². The second-order valence-electron chi connectivity index (χ2n) is 5.69. The molecule has 0 aromatic heterocycles. The van der Waals surface area contributed by atoms with Gasteiger partial charge in [0.15, 0.2) is 0 Å². The van der Waals surface area contributed by atoms with Crippen molar-refractivity contribution in [3.05, 3.63) is 35.4 Å². The first kappa shape index (κ1) is 16.4. The topological polar surface area (TPSA) is 23.6 Å². The maximum atomic E-state index is 12.3. The molecule has 0 aliphatic carbocycles. The van der Waals surface area contributed by atoms with E-state index in [4.69, 9.17) is 0 Å². The Morgan fingerprint density at radius 1 is 1.29 bits per heavy atom. The average Bonchev–Trinajstić information content (AvgIpc) is 2.47. The highest BCUT2D eigenvalue weighted by atomic mass is 32.2. The lowest BCUT2D eigenvalue weighted by molar-refractivity contribution is -0.132. The fourth-order valence-corrected chi connectivity index (χ4v) is 3.57. The number of carbonyl (C=O) groups is 1. The zero-order chi connectivity index (χ0) is 15.2. The SMILES string of the molecule is CCS[C@@H](C)C(=O)N1CCN(Cc2cccc(C)c2)CC1. The second-order valence-corrected chi connectivity index (χ2v) is 7.31. The minimum atomic E-state index is 0.0957. The number of benzene rings is 1. The van der Waals surface area contributed by atoms with E-state index in [1.54, 1.807) is 11.8 Å². The molecule has 0 radical (unpaired) electrons. The van der Waals surface area contributed by atoms with Gasteiger partial charge < -0.3 is 4.90 Å². The average molecular weight is 306 g/mol. The zero-order valence-electron chi connectivity index (χ0n) is 13.3. The molecule has 0 N–H and O–H groups in total. The first-order chi connectivity index (χ1) is 10.1. The third-order valence-corrected chi connectivity index (χ3v) is 4.97. The fourth-order valence-electron chi connectivity index (χ4n) is 2.77. The van der Waals surface area contributed by atoms with E-state index >= 15 is 0 Å². The van der Waals surface area contributed by atoms with Crippen molar-refractivity contribution in [2.75, 3.05) is 31.9 Å². The predicted octanol–water partition coefficient (Wildman–Crippen LogP) is 2.78. The van der Waals surface area contributed by atoms with Crippen molar-refractivity contribution in [1.29, 1.82) is 0 Å². The Hall–Kier alpha value is -1.00. The van der Waals surface area contributed by atoms with Crippen molar-refractivity contribution in [1.82, 2.24) is 9.80 Å². The molecule has 21 heavy (non-hydrogen) atoms. The molecule has 1 aromatic carbocycles. The van der Waals surface area contributed by atoms with Gasteiger partial charge in [-0.3, -0.25) is 9.69 Å². The molecule has 2 rings (SSSR count). The first-order valence-electron chi connectivity index (χ1n) is 7.78. The molecular formula is C17H26N2OS. The maximum absolute atomic E-state index is 12.3. The number of piperazine rings is 1. The van der Waals surface area contributed by atoms with Gasteiger partial charge in [0.2, 0.25) is 5.91 Å². The van der Waals surface area contributed by atoms with E-state index in [1.807, 2.05) is 11.8 Å². The number of hydrogen-bond acceptors (Lipinski definition) is 3. The smallest absolute Gasteiger partial charge is 0.235 e. The van der Waals surface area contributed by atoms with Gasteiger partial charge >= 0.3 is 0 Å². The monoisotopic (exact) mass is 306 g/mol. The van der Waals surface area contributed by atoms with Gasteiger partial charge in [-0.1, -0.05) is 36.8 Å². The fraction of sp³-hybridized carbons (Fsp3) is 0.588. The van der Waals surface area contributed by atoms with Crippen LogP contribution < -0.4 is 0 Å². The van der Waals surface area contributed by atoms with Crippen LogP contribution in [0.3, 0.4) is 0 Å². The quantitative estimate of drug-likeness (QED) is 0.836. The number of rotatable bonds is 5. The normalized spacial score (nSPS) is 17.8. The molecule has 3 nitrogen and oxygen atoms in total. The lowest BCUT2D eigenvalue weighted by Gasteiger charge is -2.36. The van der Waals surface area contributed by atoms with Crippen molar-refractivity contribution >= 4 is 17.7 Å². The van der Waals surface area contributed by atoms with E-state index in [0.29, 0.717) is 5.91 Å². The molecule has 1 amide bonds. The summed E-state index contributed by atoms with van der Waals surface area (Å²) in [6.07, 6.45) is 0. The van der Waals surface area contributed by atoms with Crippen LogP contribution in [0.4, 0.5) is 0 Å². The van der Waals surface area contributed by atoms with Gasteiger partial charge in [-0.05, 0) is 25.2 Å². The van der Waals surface area contributed by atoms with E-state index in [9.17, 15) is 4.79 Å². The van der Waals surface area contributed by atoms with Gasteiger partial charge in [-0.15, -0.1) is 11.8 Å². The molecule has 1 aliphatic heterocycles. The number of amides is 1. The van der Waals surface area contributed by atoms with Crippen LogP contribution in [-0.2, 0) is 11.3 Å². The van der Waals surface area contributed by atoms with Crippen molar-refractivity contribution in [3.8, 4) is 0 Å². The Balaban J connectivity index is 1.82. The van der Waals surface area contributed by atoms with E-state index in [2.05, 4.69) is 43.0 Å². The Morgan fingerprint density at radius 3 is 2.62 bits per heavy atom. The molecule has 0 saturated carbocycles. The van der Waals surface area contributed by atoms with Crippen molar-refractivity contribution in [2.45, 2.75) is 32.6 Å². The summed E-state index contributed by atoms with van der Waals surface area (Å²) in [4.78, 5) is 16.8. The van der Waals surface area contributed by atoms with Crippen LogP contribution in [-0.4, -0.2) is 52.9 Å². The zero-order valence-corrected chi connectivity index (χ0v) is 14.2. The lowest BCUT2D eigenvalue weighted by atomic mass is 10.1. The van der Waals surface area contributed by atoms with Crippen LogP contribution in [0.2, 0.25) is 0 Å². The molecule has 0 bridgehead atoms. The number of thioether (sulfide) groups is 1. The van der Waals surface area contributed by atoms with Gasteiger partial charge in [0.1, 0.15) is 0 Å². The van der Waals surface area contributed by atoms with Crippen LogP contribution in [0.15, 0.2) is 24.3 Å². The van der Waals surface area contributed by atoms with E-state index in [0.717, 1.165) is 38.5 Å². The molecule has 0 unspecified atom stereocenters. The minimum Gasteiger partial charge on any atom is -0.339 e. The molecule has 1 atom stereocenters. The van der Waals surface area contributed by atoms with Crippen molar-refractivity contribution in [3.63, 3.8) is 0 Å². The van der Waals surface area contributed by atoms with Crippen LogP contribution in [0.1, 0.15) is 25.0 Å². The van der Waals surface area contributed by atoms with Gasteiger partial charge in [0, 0.05) is 32.7 Å². The Morgan fingerprint density at radius 2 is 2.00 bits per heavy atom. The summed E-state index contributed by atoms with van der Waals surface area (Å²) in [6, 6.07) is 8.68. The number of aryl methyl sites for hydroxylation is 1. The molecule has 1 saturated heterocycles. The second kappa shape index (κ2) is 7.85. The first-order valence-corrected chi connectivity index (χ1v) is 8.83. The summed E-state index contributed by atoms with van der Waals surface area (Å²) in [5.74, 6) is 1.30. The number of hydrogen-bond donors (Lipinski definition) is 0. The highest BCUT2D eigenvalue weighted by Crippen LogP contribution is 2.15. The molecule has 1 aliphatic rings. The highest BCUT2D eigenvalue weighted by Gasteiger charge is 2.24. The van der Waals surface area contributed by atoms with Gasteiger partial charge in [0.25, 0.3) is 0 Å². The summed E-state index contributed by atoms with van der Waals surface area (Å²) < 4.78 is 0. The highest BCUT2D eigenvalue weighted by molar-refractivity contribution is 8.00. The summed E-state index contributed by atoms with van der Waals surface area (Å²) in [5, 5.41) is 0.0957. The van der Waals surface area contributed by atoms with Crippen LogP contribution in [0.25, 0.3) is 0 Å². The molecule has 116 valence electrons. The number of carbonyl (C=O) groups excluding carboxylic acids is 1. The Labute approximate surface area is 132 Å². The van der Waals surface area contributed by atoms with E-state index in [1.165, 1.54) is 11.1 Å². The molecule has 1 heterocycles. The molecular weight excluding hydrogens is 280 g/mol. The van der Waals surface area contributed by atoms with Gasteiger partial charge in [0.05, 0.1) is 5.25 Å². The molecule has 4 heteroatoms. The van der Waals surface area contributed by atoms with E-state index in [-0.39, 0.29) is 5.25 Å². The Kier molecular flexibility index (Phi) is 6.12. The summed E-state index contributed by atoms with van der Waals surface area (Å²) in [5.41, 5.74) is 2.68. The maximum Gasteiger partial charge on any atom is 0.235 e. The number of nitrogens with zero attached hydrogens (tertiary/aromatic N) is 2. The van der Waals surface area contributed by atoms with Crippen molar-refractivity contribution in [2.24, 2.45) is 0 Å². The van der Waals surface area contributed by atoms with Gasteiger partial charge in [-0.2, -0.15) is 0 Å². The van der Waals surface area contributed by atoms with Crippen LogP contribution in [0.5, 0.6) is 0 Å². The molecule has 1 aromatic rings.